The number of esters is 1. The Morgan fingerprint density at radius 1 is 1.39 bits per heavy atom. The molecule has 0 aliphatic carbocycles. The van der Waals surface area contributed by atoms with E-state index in [1.165, 1.54) is 11.8 Å². The SMILES string of the molecule is C=C(C)CN(CC)C(=O)COC(=O)CSc1nncn1-c1ccc(C)c(Cl)c1. The number of ether oxygens (including phenoxy) is 1. The summed E-state index contributed by atoms with van der Waals surface area (Å²) < 4.78 is 6.82. The molecule has 150 valence electrons. The number of hydrogen-bond acceptors (Lipinski definition) is 6. The molecule has 0 N–H and O–H groups in total. The molecule has 0 fully saturated rings. The van der Waals surface area contributed by atoms with Gasteiger partial charge in [-0.1, -0.05) is 41.6 Å². The molecule has 0 aliphatic rings. The molecule has 0 unspecified atom stereocenters. The van der Waals surface area contributed by atoms with Crippen LogP contribution in [0.1, 0.15) is 19.4 Å². The Kier molecular flexibility index (Phi) is 8.07. The highest BCUT2D eigenvalue weighted by atomic mass is 35.5. The number of amides is 1. The second-order valence-corrected chi connectivity index (χ2v) is 7.58. The highest BCUT2D eigenvalue weighted by Crippen LogP contribution is 2.23. The Morgan fingerprint density at radius 2 is 2.14 bits per heavy atom. The van der Waals surface area contributed by atoms with E-state index in [0.717, 1.165) is 16.8 Å². The number of nitrogens with zero attached hydrogens (tertiary/aromatic N) is 4. The molecule has 2 aromatic rings. The topological polar surface area (TPSA) is 77.3 Å². The van der Waals surface area contributed by atoms with E-state index in [4.69, 9.17) is 16.3 Å². The first-order valence-corrected chi connectivity index (χ1v) is 10.0. The maximum absolute atomic E-state index is 12.1. The quantitative estimate of drug-likeness (QED) is 0.350. The van der Waals surface area contributed by atoms with Crippen molar-refractivity contribution in [3.63, 3.8) is 0 Å². The van der Waals surface area contributed by atoms with Crippen molar-refractivity contribution in [2.45, 2.75) is 25.9 Å². The number of rotatable bonds is 9. The average Bonchev–Trinajstić information content (AvgIpc) is 3.13. The van der Waals surface area contributed by atoms with E-state index in [0.29, 0.717) is 23.3 Å². The van der Waals surface area contributed by atoms with Gasteiger partial charge in [-0.25, -0.2) is 0 Å². The molecule has 1 aromatic carbocycles. The van der Waals surface area contributed by atoms with Gasteiger partial charge in [0.15, 0.2) is 11.8 Å². The molecule has 2 rings (SSSR count). The van der Waals surface area contributed by atoms with Crippen LogP contribution in [0.3, 0.4) is 0 Å². The van der Waals surface area contributed by atoms with Crippen LogP contribution in [0.25, 0.3) is 5.69 Å². The van der Waals surface area contributed by atoms with E-state index in [1.54, 1.807) is 15.8 Å². The predicted molar refractivity (Wildman–Crippen MR) is 110 cm³/mol. The number of halogens is 1. The van der Waals surface area contributed by atoms with E-state index < -0.39 is 5.97 Å². The van der Waals surface area contributed by atoms with Crippen LogP contribution in [-0.2, 0) is 14.3 Å². The van der Waals surface area contributed by atoms with Gasteiger partial charge in [0, 0.05) is 18.1 Å². The van der Waals surface area contributed by atoms with Crippen molar-refractivity contribution < 1.29 is 14.3 Å². The van der Waals surface area contributed by atoms with Crippen molar-refractivity contribution in [3.05, 3.63) is 47.3 Å². The van der Waals surface area contributed by atoms with Crippen LogP contribution in [0, 0.1) is 6.92 Å². The summed E-state index contributed by atoms with van der Waals surface area (Å²) in [5.41, 5.74) is 2.63. The largest absolute Gasteiger partial charge is 0.455 e. The van der Waals surface area contributed by atoms with Crippen molar-refractivity contribution in [2.75, 3.05) is 25.4 Å². The minimum Gasteiger partial charge on any atom is -0.455 e. The van der Waals surface area contributed by atoms with Gasteiger partial charge in [0.25, 0.3) is 5.91 Å². The molecule has 0 bridgehead atoms. The Hall–Kier alpha value is -2.32. The maximum atomic E-state index is 12.1. The Morgan fingerprint density at radius 3 is 2.79 bits per heavy atom. The molecule has 0 radical (unpaired) electrons. The molecule has 1 heterocycles. The molecule has 28 heavy (non-hydrogen) atoms. The number of aryl methyl sites for hydroxylation is 1. The fraction of sp³-hybridized carbons (Fsp3) is 0.368. The van der Waals surface area contributed by atoms with Gasteiger partial charge in [-0.05, 0) is 38.5 Å². The van der Waals surface area contributed by atoms with Gasteiger partial charge in [0.1, 0.15) is 6.33 Å². The summed E-state index contributed by atoms with van der Waals surface area (Å²) in [7, 11) is 0. The van der Waals surface area contributed by atoms with Crippen molar-refractivity contribution in [1.82, 2.24) is 19.7 Å². The summed E-state index contributed by atoms with van der Waals surface area (Å²) in [5.74, 6) is -0.736. The minimum atomic E-state index is -0.499. The molecule has 7 nitrogen and oxygen atoms in total. The number of aromatic nitrogens is 3. The molecule has 1 amide bonds. The summed E-state index contributed by atoms with van der Waals surface area (Å²) in [6.07, 6.45) is 1.55. The molecular formula is C19H23ClN4O3S. The zero-order valence-electron chi connectivity index (χ0n) is 16.1. The summed E-state index contributed by atoms with van der Waals surface area (Å²) in [6, 6.07) is 5.60. The van der Waals surface area contributed by atoms with Gasteiger partial charge in [0.05, 0.1) is 11.4 Å². The standard InChI is InChI=1S/C19H23ClN4O3S/c1-5-23(9-13(2)3)17(25)10-27-18(26)11-28-19-22-21-12-24(19)15-7-6-14(4)16(20)8-15/h6-8,12H,2,5,9-11H2,1,3-4H3. The van der Waals surface area contributed by atoms with E-state index in [9.17, 15) is 9.59 Å². The van der Waals surface area contributed by atoms with Gasteiger partial charge in [-0.2, -0.15) is 0 Å². The van der Waals surface area contributed by atoms with Gasteiger partial charge in [0.2, 0.25) is 0 Å². The highest BCUT2D eigenvalue weighted by Gasteiger charge is 2.16. The smallest absolute Gasteiger partial charge is 0.316 e. The predicted octanol–water partition coefficient (Wildman–Crippen LogP) is 3.29. The van der Waals surface area contributed by atoms with Gasteiger partial charge < -0.3 is 9.64 Å². The van der Waals surface area contributed by atoms with Crippen LogP contribution >= 0.6 is 23.4 Å². The number of hydrogen-bond donors (Lipinski definition) is 0. The van der Waals surface area contributed by atoms with Gasteiger partial charge >= 0.3 is 5.97 Å². The third-order valence-electron chi connectivity index (χ3n) is 3.82. The van der Waals surface area contributed by atoms with Crippen molar-refractivity contribution in [2.24, 2.45) is 0 Å². The lowest BCUT2D eigenvalue weighted by molar-refractivity contribution is -0.149. The zero-order chi connectivity index (χ0) is 20.7. The molecule has 0 atom stereocenters. The number of likely N-dealkylation sites (N-methyl/N-ethyl adjacent to an activating group) is 1. The van der Waals surface area contributed by atoms with Crippen LogP contribution < -0.4 is 0 Å². The highest BCUT2D eigenvalue weighted by molar-refractivity contribution is 7.99. The molecule has 0 saturated heterocycles. The summed E-state index contributed by atoms with van der Waals surface area (Å²) in [4.78, 5) is 25.7. The van der Waals surface area contributed by atoms with E-state index in [-0.39, 0.29) is 18.3 Å². The van der Waals surface area contributed by atoms with E-state index in [1.807, 2.05) is 39.0 Å². The number of carbonyl (C=O) groups excluding carboxylic acids is 2. The third-order valence-corrected chi connectivity index (χ3v) is 5.14. The Bertz CT molecular complexity index is 869. The fourth-order valence-electron chi connectivity index (χ4n) is 2.33. The fourth-order valence-corrected chi connectivity index (χ4v) is 3.23. The number of thioether (sulfide) groups is 1. The monoisotopic (exact) mass is 422 g/mol. The second-order valence-electron chi connectivity index (χ2n) is 6.23. The van der Waals surface area contributed by atoms with Crippen LogP contribution in [0.15, 0.2) is 41.8 Å². The Labute approximate surface area is 173 Å². The average molecular weight is 423 g/mol. The van der Waals surface area contributed by atoms with Crippen molar-refractivity contribution >= 4 is 35.2 Å². The minimum absolute atomic E-state index is 0.0121. The molecular weight excluding hydrogens is 400 g/mol. The molecule has 1 aromatic heterocycles. The lowest BCUT2D eigenvalue weighted by Crippen LogP contribution is -2.35. The maximum Gasteiger partial charge on any atom is 0.316 e. The summed E-state index contributed by atoms with van der Waals surface area (Å²) in [6.45, 7) is 10.1. The summed E-state index contributed by atoms with van der Waals surface area (Å²) >= 11 is 7.35. The van der Waals surface area contributed by atoms with Crippen molar-refractivity contribution in [3.8, 4) is 5.69 Å². The van der Waals surface area contributed by atoms with E-state index >= 15 is 0 Å². The van der Waals surface area contributed by atoms with Crippen molar-refractivity contribution in [1.29, 1.82) is 0 Å². The zero-order valence-corrected chi connectivity index (χ0v) is 17.7. The molecule has 9 heteroatoms. The van der Waals surface area contributed by atoms with Crippen LogP contribution in [-0.4, -0.2) is 57.0 Å². The molecule has 0 saturated carbocycles. The lowest BCUT2D eigenvalue weighted by atomic mass is 10.2. The first-order chi connectivity index (χ1) is 13.3. The lowest BCUT2D eigenvalue weighted by Gasteiger charge is -2.20. The first kappa shape index (κ1) is 22.0. The van der Waals surface area contributed by atoms with E-state index in [2.05, 4.69) is 16.8 Å². The summed E-state index contributed by atoms with van der Waals surface area (Å²) in [5, 5.41) is 9.08. The van der Waals surface area contributed by atoms with Crippen LogP contribution in [0.4, 0.5) is 0 Å². The molecule has 0 spiro atoms. The molecule has 0 aliphatic heterocycles. The first-order valence-electron chi connectivity index (χ1n) is 8.69. The van der Waals surface area contributed by atoms with Crippen LogP contribution in [0.5, 0.6) is 0 Å². The number of benzene rings is 1. The normalized spacial score (nSPS) is 10.6. The van der Waals surface area contributed by atoms with Gasteiger partial charge in [-0.15, -0.1) is 10.2 Å². The van der Waals surface area contributed by atoms with Gasteiger partial charge in [-0.3, -0.25) is 14.2 Å². The Balaban J connectivity index is 1.90. The second kappa shape index (κ2) is 10.3. The third kappa shape index (κ3) is 6.10. The van der Waals surface area contributed by atoms with Crippen LogP contribution in [0.2, 0.25) is 5.02 Å². The number of carbonyl (C=O) groups is 2.